The van der Waals surface area contributed by atoms with Crippen molar-refractivity contribution in [1.82, 2.24) is 15.1 Å². The summed E-state index contributed by atoms with van der Waals surface area (Å²) in [7, 11) is 1.53. The molecule has 0 atom stereocenters. The van der Waals surface area contributed by atoms with Crippen LogP contribution < -0.4 is 20.7 Å². The molecule has 1 heterocycles. The van der Waals surface area contributed by atoms with Crippen molar-refractivity contribution in [2.75, 3.05) is 57.0 Å². The van der Waals surface area contributed by atoms with Crippen LogP contribution in [0.25, 0.3) is 0 Å². The van der Waals surface area contributed by atoms with E-state index in [4.69, 9.17) is 4.74 Å². The third kappa shape index (κ3) is 8.00. The van der Waals surface area contributed by atoms with E-state index >= 15 is 0 Å². The summed E-state index contributed by atoms with van der Waals surface area (Å²) >= 11 is 0. The van der Waals surface area contributed by atoms with E-state index in [1.807, 2.05) is 20.8 Å². The number of carbonyl (C=O) groups excluding carboxylic acids is 3. The molecule has 0 radical (unpaired) electrons. The number of benzene rings is 1. The Labute approximate surface area is 178 Å². The van der Waals surface area contributed by atoms with Crippen LogP contribution in [0.2, 0.25) is 0 Å². The maximum Gasteiger partial charge on any atom is 0.238 e. The molecule has 0 saturated carbocycles. The minimum absolute atomic E-state index is 0.0137. The zero-order valence-electron chi connectivity index (χ0n) is 18.5. The molecule has 2 rings (SSSR count). The zero-order chi connectivity index (χ0) is 22.3. The Morgan fingerprint density at radius 2 is 1.53 bits per heavy atom. The Hall–Kier alpha value is -2.65. The van der Waals surface area contributed by atoms with Gasteiger partial charge in [-0.3, -0.25) is 24.2 Å². The maximum absolute atomic E-state index is 12.5. The molecule has 1 aromatic carbocycles. The number of rotatable bonds is 7. The summed E-state index contributed by atoms with van der Waals surface area (Å²) in [4.78, 5) is 40.0. The van der Waals surface area contributed by atoms with Crippen molar-refractivity contribution in [3.8, 4) is 5.75 Å². The van der Waals surface area contributed by atoms with Crippen molar-refractivity contribution >= 4 is 29.1 Å². The van der Waals surface area contributed by atoms with E-state index in [1.54, 1.807) is 18.2 Å². The average molecular weight is 420 g/mol. The van der Waals surface area contributed by atoms with Crippen molar-refractivity contribution in [1.29, 1.82) is 0 Å². The molecule has 1 aromatic rings. The van der Waals surface area contributed by atoms with E-state index in [2.05, 4.69) is 25.8 Å². The van der Waals surface area contributed by atoms with E-state index in [-0.39, 0.29) is 29.8 Å². The molecular weight excluding hydrogens is 386 g/mol. The van der Waals surface area contributed by atoms with Gasteiger partial charge in [0.15, 0.2) is 0 Å². The minimum atomic E-state index is -0.241. The van der Waals surface area contributed by atoms with Gasteiger partial charge in [0.2, 0.25) is 17.7 Å². The van der Waals surface area contributed by atoms with Crippen LogP contribution in [-0.2, 0) is 14.4 Å². The molecule has 1 aliphatic heterocycles. The Morgan fingerprint density at radius 3 is 2.03 bits per heavy atom. The summed E-state index contributed by atoms with van der Waals surface area (Å²) in [6, 6.07) is 5.08. The summed E-state index contributed by atoms with van der Waals surface area (Å²) in [6.45, 7) is 10.8. The van der Waals surface area contributed by atoms with Gasteiger partial charge >= 0.3 is 0 Å². The van der Waals surface area contributed by atoms with E-state index < -0.39 is 0 Å². The molecule has 0 aliphatic carbocycles. The molecule has 0 bridgehead atoms. The first-order chi connectivity index (χ1) is 14.1. The van der Waals surface area contributed by atoms with Gasteiger partial charge in [-0.1, -0.05) is 0 Å². The summed E-state index contributed by atoms with van der Waals surface area (Å²) in [6.07, 6.45) is 0. The third-order valence-electron chi connectivity index (χ3n) is 4.51. The van der Waals surface area contributed by atoms with Gasteiger partial charge in [-0.25, -0.2) is 0 Å². The van der Waals surface area contributed by atoms with E-state index in [1.165, 1.54) is 14.0 Å². The monoisotopic (exact) mass is 419 g/mol. The summed E-state index contributed by atoms with van der Waals surface area (Å²) in [5.41, 5.74) is 0.849. The van der Waals surface area contributed by atoms with Crippen LogP contribution in [0.1, 0.15) is 27.7 Å². The highest BCUT2D eigenvalue weighted by Crippen LogP contribution is 2.27. The fraction of sp³-hybridized carbons (Fsp3) is 0.571. The predicted octanol–water partition coefficient (Wildman–Crippen LogP) is 1.12. The molecule has 0 spiro atoms. The molecule has 3 amide bonds. The standard InChI is InChI=1S/C21H33N5O4/c1-15(27)22-16-6-7-18(30-5)17(12-16)23-19(28)13-25-8-10-26(11-9-25)14-20(29)24-21(2,3)4/h6-7,12H,8-11,13-14H2,1-5H3,(H,22,27)(H,23,28)(H,24,29). The average Bonchev–Trinajstić information content (AvgIpc) is 2.61. The van der Waals surface area contributed by atoms with Gasteiger partial charge in [0.05, 0.1) is 25.9 Å². The fourth-order valence-corrected chi connectivity index (χ4v) is 3.25. The Kier molecular flexibility index (Phi) is 8.19. The minimum Gasteiger partial charge on any atom is -0.495 e. The van der Waals surface area contributed by atoms with Gasteiger partial charge in [-0.15, -0.1) is 0 Å². The first kappa shape index (κ1) is 23.6. The van der Waals surface area contributed by atoms with Gasteiger partial charge < -0.3 is 20.7 Å². The van der Waals surface area contributed by atoms with Crippen LogP contribution in [0.15, 0.2) is 18.2 Å². The van der Waals surface area contributed by atoms with Crippen molar-refractivity contribution in [3.05, 3.63) is 18.2 Å². The summed E-state index contributed by atoms with van der Waals surface area (Å²) < 4.78 is 5.30. The largest absolute Gasteiger partial charge is 0.495 e. The van der Waals surface area contributed by atoms with Crippen molar-refractivity contribution in [3.63, 3.8) is 0 Å². The number of hydrogen-bond donors (Lipinski definition) is 3. The number of anilines is 2. The quantitative estimate of drug-likeness (QED) is 0.612. The number of piperazine rings is 1. The van der Waals surface area contributed by atoms with E-state index in [0.717, 1.165) is 13.1 Å². The first-order valence-corrected chi connectivity index (χ1v) is 10.1. The van der Waals surface area contributed by atoms with Crippen LogP contribution >= 0.6 is 0 Å². The molecule has 3 N–H and O–H groups in total. The molecule has 9 nitrogen and oxygen atoms in total. The fourth-order valence-electron chi connectivity index (χ4n) is 3.25. The Balaban J connectivity index is 1.84. The lowest BCUT2D eigenvalue weighted by Gasteiger charge is -2.34. The first-order valence-electron chi connectivity index (χ1n) is 10.1. The topological polar surface area (TPSA) is 103 Å². The second-order valence-corrected chi connectivity index (χ2v) is 8.49. The summed E-state index contributed by atoms with van der Waals surface area (Å²) in [5.74, 6) is 0.186. The molecular formula is C21H33N5O4. The number of amides is 3. The molecule has 30 heavy (non-hydrogen) atoms. The highest BCUT2D eigenvalue weighted by molar-refractivity contribution is 5.95. The van der Waals surface area contributed by atoms with Crippen LogP contribution in [0, 0.1) is 0 Å². The van der Waals surface area contributed by atoms with Gasteiger partial charge in [-0.05, 0) is 39.0 Å². The lowest BCUT2D eigenvalue weighted by atomic mass is 10.1. The highest BCUT2D eigenvalue weighted by atomic mass is 16.5. The number of nitrogens with one attached hydrogen (secondary N) is 3. The number of methoxy groups -OCH3 is 1. The number of carbonyl (C=O) groups is 3. The van der Waals surface area contributed by atoms with E-state index in [9.17, 15) is 14.4 Å². The molecule has 1 saturated heterocycles. The third-order valence-corrected chi connectivity index (χ3v) is 4.51. The Bertz CT molecular complexity index is 767. The molecule has 1 fully saturated rings. The predicted molar refractivity (Wildman–Crippen MR) is 117 cm³/mol. The molecule has 166 valence electrons. The lowest BCUT2D eigenvalue weighted by Crippen LogP contribution is -2.52. The number of nitrogens with zero attached hydrogens (tertiary/aromatic N) is 2. The van der Waals surface area contributed by atoms with Crippen molar-refractivity contribution in [2.45, 2.75) is 33.2 Å². The maximum atomic E-state index is 12.5. The second-order valence-electron chi connectivity index (χ2n) is 8.49. The molecule has 0 unspecified atom stereocenters. The van der Waals surface area contributed by atoms with Crippen LogP contribution in [0.5, 0.6) is 5.75 Å². The molecule has 0 aromatic heterocycles. The SMILES string of the molecule is COc1ccc(NC(C)=O)cc1NC(=O)CN1CCN(CC(=O)NC(C)(C)C)CC1. The van der Waals surface area contributed by atoms with Crippen LogP contribution in [-0.4, -0.2) is 79.4 Å². The van der Waals surface area contributed by atoms with Crippen molar-refractivity contribution in [2.24, 2.45) is 0 Å². The smallest absolute Gasteiger partial charge is 0.238 e. The molecule has 1 aliphatic rings. The van der Waals surface area contributed by atoms with Crippen molar-refractivity contribution < 1.29 is 19.1 Å². The van der Waals surface area contributed by atoms with Gasteiger partial charge in [0, 0.05) is 44.3 Å². The lowest BCUT2D eigenvalue weighted by molar-refractivity contribution is -0.124. The van der Waals surface area contributed by atoms with E-state index in [0.29, 0.717) is 36.8 Å². The summed E-state index contributed by atoms with van der Waals surface area (Å²) in [5, 5.41) is 8.52. The molecule has 9 heteroatoms. The highest BCUT2D eigenvalue weighted by Gasteiger charge is 2.22. The zero-order valence-corrected chi connectivity index (χ0v) is 18.5. The van der Waals surface area contributed by atoms with Crippen LogP contribution in [0.3, 0.4) is 0 Å². The Morgan fingerprint density at radius 1 is 0.967 bits per heavy atom. The normalized spacial score (nSPS) is 15.4. The van der Waals surface area contributed by atoms with Crippen LogP contribution in [0.4, 0.5) is 11.4 Å². The van der Waals surface area contributed by atoms with Gasteiger partial charge in [0.25, 0.3) is 0 Å². The number of hydrogen-bond acceptors (Lipinski definition) is 6. The number of ether oxygens (including phenoxy) is 1. The van der Waals surface area contributed by atoms with Gasteiger partial charge in [0.1, 0.15) is 5.75 Å². The van der Waals surface area contributed by atoms with Gasteiger partial charge in [-0.2, -0.15) is 0 Å². The second kappa shape index (κ2) is 10.4.